The highest BCUT2D eigenvalue weighted by molar-refractivity contribution is 6.17. The van der Waals surface area contributed by atoms with Gasteiger partial charge < -0.3 is 14.2 Å². The molecule has 1 saturated heterocycles. The van der Waals surface area contributed by atoms with Gasteiger partial charge in [-0.2, -0.15) is 0 Å². The van der Waals surface area contributed by atoms with Gasteiger partial charge in [0, 0.05) is 12.3 Å². The molecule has 1 fully saturated rings. The summed E-state index contributed by atoms with van der Waals surface area (Å²) >= 11 is 5.74. The van der Waals surface area contributed by atoms with Crippen molar-refractivity contribution < 1.29 is 23.8 Å². The van der Waals surface area contributed by atoms with Crippen LogP contribution in [0.5, 0.6) is 0 Å². The normalized spacial score (nSPS) is 18.9. The number of benzene rings is 2. The molecule has 0 unspecified atom stereocenters. The third kappa shape index (κ3) is 5.08. The van der Waals surface area contributed by atoms with E-state index in [0.29, 0.717) is 30.0 Å². The Morgan fingerprint density at radius 1 is 1.04 bits per heavy atom. The molecule has 0 radical (unpaired) electrons. The van der Waals surface area contributed by atoms with Gasteiger partial charge in [-0.05, 0) is 36.8 Å². The molecular weight excluding hydrogens is 368 g/mol. The minimum Gasteiger partial charge on any atom is -0.459 e. The Labute approximate surface area is 163 Å². The highest BCUT2D eigenvalue weighted by atomic mass is 35.5. The molecule has 0 spiro atoms. The fourth-order valence-corrected chi connectivity index (χ4v) is 2.96. The van der Waals surface area contributed by atoms with E-state index in [9.17, 15) is 9.59 Å². The lowest BCUT2D eigenvalue weighted by molar-refractivity contribution is -0.0282. The minimum absolute atomic E-state index is 0.0297. The van der Waals surface area contributed by atoms with Crippen molar-refractivity contribution in [2.24, 2.45) is 0 Å². The van der Waals surface area contributed by atoms with E-state index in [4.69, 9.17) is 25.8 Å². The van der Waals surface area contributed by atoms with E-state index in [1.165, 1.54) is 0 Å². The van der Waals surface area contributed by atoms with E-state index in [1.807, 2.05) is 19.1 Å². The Hall–Kier alpha value is -2.37. The number of aryl methyl sites for hydroxylation is 1. The van der Waals surface area contributed by atoms with Crippen LogP contribution in [0.25, 0.3) is 0 Å². The zero-order chi connectivity index (χ0) is 19.2. The minimum atomic E-state index is -0.467. The average Bonchev–Trinajstić information content (AvgIpc) is 3.13. The molecule has 1 aliphatic heterocycles. The molecule has 2 atom stereocenters. The molecule has 0 N–H and O–H groups in total. The van der Waals surface area contributed by atoms with Gasteiger partial charge in [0.25, 0.3) is 0 Å². The van der Waals surface area contributed by atoms with Gasteiger partial charge >= 0.3 is 11.9 Å². The van der Waals surface area contributed by atoms with Crippen LogP contribution in [-0.4, -0.2) is 37.4 Å². The van der Waals surface area contributed by atoms with E-state index in [0.717, 1.165) is 11.1 Å². The zero-order valence-electron chi connectivity index (χ0n) is 15.0. The average molecular weight is 389 g/mol. The van der Waals surface area contributed by atoms with Crippen molar-refractivity contribution in [3.05, 3.63) is 70.8 Å². The third-order valence-electron chi connectivity index (χ3n) is 4.42. The lowest BCUT2D eigenvalue weighted by atomic mass is 10.1. The topological polar surface area (TPSA) is 61.8 Å². The molecule has 6 heteroatoms. The summed E-state index contributed by atoms with van der Waals surface area (Å²) in [6, 6.07) is 14.1. The third-order valence-corrected chi connectivity index (χ3v) is 4.73. The van der Waals surface area contributed by atoms with Gasteiger partial charge in [-0.15, -0.1) is 11.6 Å². The fourth-order valence-electron chi connectivity index (χ4n) is 2.79. The molecule has 2 aromatic rings. The van der Waals surface area contributed by atoms with E-state index in [-0.39, 0.29) is 6.61 Å². The Kier molecular flexibility index (Phi) is 6.48. The van der Waals surface area contributed by atoms with Crippen LogP contribution in [0.2, 0.25) is 0 Å². The second-order valence-electron chi connectivity index (χ2n) is 6.44. The summed E-state index contributed by atoms with van der Waals surface area (Å²) < 4.78 is 16.5. The summed E-state index contributed by atoms with van der Waals surface area (Å²) in [4.78, 5) is 24.4. The Bertz CT molecular complexity index is 785. The fraction of sp³-hybridized carbons (Fsp3) is 0.333. The Balaban J connectivity index is 1.53. The van der Waals surface area contributed by atoms with Crippen molar-refractivity contribution in [1.29, 1.82) is 0 Å². The highest BCUT2D eigenvalue weighted by Gasteiger charge is 2.33. The molecule has 3 rings (SSSR count). The molecule has 2 aromatic carbocycles. The first-order chi connectivity index (χ1) is 13.1. The van der Waals surface area contributed by atoms with Gasteiger partial charge in [0.2, 0.25) is 0 Å². The number of carbonyl (C=O) groups is 2. The standard InChI is InChI=1S/C21H21ClO5/c1-14-2-6-17(7-3-14)21(24)27-18-10-11-25-19(18)13-26-20(23)16-8-4-15(12-22)5-9-16/h2-9,18-19H,10-13H2,1H3/t18-,19+/m0/s1. The van der Waals surface area contributed by atoms with Crippen LogP contribution in [0.4, 0.5) is 0 Å². The van der Waals surface area contributed by atoms with Crippen LogP contribution in [0.1, 0.15) is 38.3 Å². The van der Waals surface area contributed by atoms with Gasteiger partial charge in [-0.1, -0.05) is 29.8 Å². The molecule has 142 valence electrons. The van der Waals surface area contributed by atoms with Crippen LogP contribution < -0.4 is 0 Å². The number of ether oxygens (including phenoxy) is 3. The quantitative estimate of drug-likeness (QED) is 0.554. The molecular formula is C21H21ClO5. The van der Waals surface area contributed by atoms with Gasteiger partial charge in [0.1, 0.15) is 18.8 Å². The van der Waals surface area contributed by atoms with Gasteiger partial charge in [0.15, 0.2) is 0 Å². The zero-order valence-corrected chi connectivity index (χ0v) is 15.8. The summed E-state index contributed by atoms with van der Waals surface area (Å²) in [5.74, 6) is -0.465. The molecule has 1 heterocycles. The van der Waals surface area contributed by atoms with E-state index in [2.05, 4.69) is 0 Å². The molecule has 1 aliphatic rings. The maximum Gasteiger partial charge on any atom is 0.338 e. The molecule has 27 heavy (non-hydrogen) atoms. The number of rotatable bonds is 6. The summed E-state index contributed by atoms with van der Waals surface area (Å²) in [5.41, 5.74) is 2.92. The molecule has 0 aliphatic carbocycles. The summed E-state index contributed by atoms with van der Waals surface area (Å²) in [6.45, 7) is 2.44. The van der Waals surface area contributed by atoms with E-state index >= 15 is 0 Å². The first-order valence-electron chi connectivity index (χ1n) is 8.78. The molecule has 5 nitrogen and oxygen atoms in total. The summed E-state index contributed by atoms with van der Waals surface area (Å²) in [7, 11) is 0. The number of esters is 2. The summed E-state index contributed by atoms with van der Waals surface area (Å²) in [5, 5.41) is 0. The smallest absolute Gasteiger partial charge is 0.338 e. The monoisotopic (exact) mass is 388 g/mol. The van der Waals surface area contributed by atoms with Crippen molar-refractivity contribution in [1.82, 2.24) is 0 Å². The lowest BCUT2D eigenvalue weighted by Crippen LogP contribution is -2.32. The maximum absolute atomic E-state index is 12.3. The molecule has 0 aromatic heterocycles. The SMILES string of the molecule is Cc1ccc(C(=O)O[C@H]2CCO[C@@H]2COC(=O)c2ccc(CCl)cc2)cc1. The molecule has 0 amide bonds. The Morgan fingerprint density at radius 2 is 1.67 bits per heavy atom. The maximum atomic E-state index is 12.3. The van der Waals surface area contributed by atoms with Crippen LogP contribution >= 0.6 is 11.6 Å². The van der Waals surface area contributed by atoms with Crippen molar-refractivity contribution in [2.45, 2.75) is 31.4 Å². The highest BCUT2D eigenvalue weighted by Crippen LogP contribution is 2.20. The lowest BCUT2D eigenvalue weighted by Gasteiger charge is -2.19. The Morgan fingerprint density at radius 3 is 2.33 bits per heavy atom. The van der Waals surface area contributed by atoms with Gasteiger partial charge in [-0.3, -0.25) is 0 Å². The number of hydrogen-bond acceptors (Lipinski definition) is 5. The number of alkyl halides is 1. The molecule has 0 bridgehead atoms. The van der Waals surface area contributed by atoms with Crippen molar-refractivity contribution in [2.75, 3.05) is 13.2 Å². The van der Waals surface area contributed by atoms with Crippen molar-refractivity contribution >= 4 is 23.5 Å². The van der Waals surface area contributed by atoms with E-state index < -0.39 is 24.1 Å². The van der Waals surface area contributed by atoms with Crippen LogP contribution in [-0.2, 0) is 20.1 Å². The number of hydrogen-bond donors (Lipinski definition) is 0. The molecule has 0 saturated carbocycles. The largest absolute Gasteiger partial charge is 0.459 e. The first-order valence-corrected chi connectivity index (χ1v) is 9.31. The first kappa shape index (κ1) is 19.4. The summed E-state index contributed by atoms with van der Waals surface area (Å²) in [6.07, 6.45) is -0.333. The van der Waals surface area contributed by atoms with Gasteiger partial charge in [0.05, 0.1) is 17.7 Å². The van der Waals surface area contributed by atoms with Gasteiger partial charge in [-0.25, -0.2) is 9.59 Å². The predicted octanol–water partition coefficient (Wildman–Crippen LogP) is 3.91. The van der Waals surface area contributed by atoms with Crippen molar-refractivity contribution in [3.8, 4) is 0 Å². The second kappa shape index (κ2) is 9.02. The van der Waals surface area contributed by atoms with Crippen LogP contribution in [0.15, 0.2) is 48.5 Å². The number of halogens is 1. The van der Waals surface area contributed by atoms with Crippen molar-refractivity contribution in [3.63, 3.8) is 0 Å². The van der Waals surface area contributed by atoms with E-state index in [1.54, 1.807) is 36.4 Å². The van der Waals surface area contributed by atoms with Crippen LogP contribution in [0.3, 0.4) is 0 Å². The van der Waals surface area contributed by atoms with Crippen LogP contribution in [0, 0.1) is 6.92 Å². The number of carbonyl (C=O) groups excluding carboxylic acids is 2. The second-order valence-corrected chi connectivity index (χ2v) is 6.70. The predicted molar refractivity (Wildman–Crippen MR) is 101 cm³/mol.